The van der Waals surface area contributed by atoms with Gasteiger partial charge in [0.2, 0.25) is 0 Å². The number of nitrogens with zero attached hydrogens (tertiary/aromatic N) is 2. The second-order valence-corrected chi connectivity index (χ2v) is 4.67. The van der Waals surface area contributed by atoms with E-state index in [9.17, 15) is 4.79 Å². The fourth-order valence-electron chi connectivity index (χ4n) is 1.49. The molecule has 0 saturated carbocycles. The molecule has 0 saturated heterocycles. The summed E-state index contributed by atoms with van der Waals surface area (Å²) in [6, 6.07) is 7.92. The number of aryl methyl sites for hydroxylation is 1. The number of fused-ring (bicyclic) bond motifs is 1. The largest absolute Gasteiger partial charge is 0.300 e. The average Bonchev–Trinajstić information content (AvgIpc) is 2.68. The van der Waals surface area contributed by atoms with Crippen molar-refractivity contribution in [3.05, 3.63) is 28.8 Å². The molecule has 0 aliphatic carbocycles. The van der Waals surface area contributed by atoms with E-state index in [2.05, 4.69) is 4.98 Å². The van der Waals surface area contributed by atoms with Gasteiger partial charge in [0.05, 0.1) is 10.2 Å². The summed E-state index contributed by atoms with van der Waals surface area (Å²) >= 11 is 1.39. The van der Waals surface area contributed by atoms with Crippen molar-refractivity contribution in [2.75, 3.05) is 0 Å². The first-order chi connectivity index (χ1) is 7.69. The highest BCUT2D eigenvalue weighted by molar-refractivity contribution is 7.19. The van der Waals surface area contributed by atoms with Gasteiger partial charge in [0.15, 0.2) is 5.01 Å². The summed E-state index contributed by atoms with van der Waals surface area (Å²) in [4.78, 5) is 15.0. The lowest BCUT2D eigenvalue weighted by molar-refractivity contribution is -0.116. The number of hydrogen-bond donors (Lipinski definition) is 0. The van der Waals surface area contributed by atoms with Crippen molar-refractivity contribution < 1.29 is 4.79 Å². The van der Waals surface area contributed by atoms with Gasteiger partial charge in [-0.2, -0.15) is 5.26 Å². The minimum Gasteiger partial charge on any atom is -0.300 e. The first-order valence-electron chi connectivity index (χ1n) is 4.98. The van der Waals surface area contributed by atoms with Gasteiger partial charge < -0.3 is 4.79 Å². The van der Waals surface area contributed by atoms with E-state index in [0.717, 1.165) is 22.2 Å². The number of rotatable bonds is 3. The molecule has 80 valence electrons. The second-order valence-electron chi connectivity index (χ2n) is 3.63. The monoisotopic (exact) mass is 230 g/mol. The number of hydrogen-bond acceptors (Lipinski definition) is 4. The van der Waals surface area contributed by atoms with Crippen LogP contribution in [0.3, 0.4) is 0 Å². The minimum absolute atomic E-state index is 0.196. The maximum absolute atomic E-state index is 10.9. The predicted molar refractivity (Wildman–Crippen MR) is 63.3 cm³/mol. The summed E-state index contributed by atoms with van der Waals surface area (Å²) in [5.41, 5.74) is 1.98. The first-order valence-corrected chi connectivity index (χ1v) is 5.79. The summed E-state index contributed by atoms with van der Waals surface area (Å²) < 4.78 is 1.01. The molecule has 1 aromatic heterocycles. The van der Waals surface area contributed by atoms with E-state index in [1.165, 1.54) is 11.3 Å². The molecule has 0 fully saturated rings. The molecule has 2 rings (SSSR count). The number of thiazole rings is 1. The Morgan fingerprint density at radius 1 is 1.56 bits per heavy atom. The number of Topliss-reactive ketones (excluding diaryl/α,β-unsaturated/α-hetero) is 1. The third kappa shape index (κ3) is 2.26. The molecule has 0 atom stereocenters. The number of ketones is 1. The smallest absolute Gasteiger partial charge is 0.195 e. The van der Waals surface area contributed by atoms with Gasteiger partial charge >= 0.3 is 0 Å². The molecule has 0 spiro atoms. The SMILES string of the molecule is CC(=O)CCc1ccc2nc(C#N)sc2c1. The molecule has 0 aliphatic heterocycles. The second kappa shape index (κ2) is 4.42. The van der Waals surface area contributed by atoms with E-state index in [4.69, 9.17) is 5.26 Å². The number of carbonyl (C=O) groups is 1. The van der Waals surface area contributed by atoms with Gasteiger partial charge in [-0.1, -0.05) is 6.07 Å². The van der Waals surface area contributed by atoms with Crippen LogP contribution in [0.15, 0.2) is 18.2 Å². The van der Waals surface area contributed by atoms with Crippen LogP contribution in [0.1, 0.15) is 23.9 Å². The summed E-state index contributed by atoms with van der Waals surface area (Å²) in [7, 11) is 0. The predicted octanol–water partition coefficient (Wildman–Crippen LogP) is 2.69. The number of nitriles is 1. The van der Waals surface area contributed by atoms with Crippen molar-refractivity contribution in [3.63, 3.8) is 0 Å². The van der Waals surface area contributed by atoms with Gasteiger partial charge in [-0.3, -0.25) is 0 Å². The third-order valence-corrected chi connectivity index (χ3v) is 3.24. The molecular weight excluding hydrogens is 220 g/mol. The molecule has 0 amide bonds. The van der Waals surface area contributed by atoms with Crippen LogP contribution in [0.4, 0.5) is 0 Å². The molecule has 0 radical (unpaired) electrons. The summed E-state index contributed by atoms with van der Waals surface area (Å²) in [6.07, 6.45) is 1.32. The van der Waals surface area contributed by atoms with Crippen molar-refractivity contribution in [2.24, 2.45) is 0 Å². The maximum atomic E-state index is 10.9. The fraction of sp³-hybridized carbons (Fsp3) is 0.250. The van der Waals surface area contributed by atoms with Gasteiger partial charge in [-0.25, -0.2) is 4.98 Å². The lowest BCUT2D eigenvalue weighted by Gasteiger charge is -1.98. The third-order valence-electron chi connectivity index (χ3n) is 2.31. The Morgan fingerprint density at radius 3 is 3.06 bits per heavy atom. The minimum atomic E-state index is 0.196. The van der Waals surface area contributed by atoms with Gasteiger partial charge in [-0.15, -0.1) is 11.3 Å². The molecule has 16 heavy (non-hydrogen) atoms. The van der Waals surface area contributed by atoms with E-state index in [-0.39, 0.29) is 5.78 Å². The molecule has 1 aromatic carbocycles. The Morgan fingerprint density at radius 2 is 2.38 bits per heavy atom. The fourth-order valence-corrected chi connectivity index (χ4v) is 2.32. The lowest BCUT2D eigenvalue weighted by atomic mass is 10.1. The van der Waals surface area contributed by atoms with Crippen LogP contribution in [0.5, 0.6) is 0 Å². The summed E-state index contributed by atoms with van der Waals surface area (Å²) in [5.74, 6) is 0.196. The van der Waals surface area contributed by atoms with Gasteiger partial charge in [0, 0.05) is 6.42 Å². The summed E-state index contributed by atoms with van der Waals surface area (Å²) in [6.45, 7) is 1.60. The highest BCUT2D eigenvalue weighted by Crippen LogP contribution is 2.23. The van der Waals surface area contributed by atoms with Gasteiger partial charge in [0.1, 0.15) is 11.9 Å². The Kier molecular flexibility index (Phi) is 2.97. The highest BCUT2D eigenvalue weighted by Gasteiger charge is 2.04. The first kappa shape index (κ1) is 10.8. The van der Waals surface area contributed by atoms with E-state index in [1.807, 2.05) is 24.3 Å². The molecule has 0 unspecified atom stereocenters. The number of aromatic nitrogens is 1. The van der Waals surface area contributed by atoms with Crippen LogP contribution < -0.4 is 0 Å². The van der Waals surface area contributed by atoms with Gasteiger partial charge in [-0.05, 0) is 31.0 Å². The molecule has 2 aromatic rings. The average molecular weight is 230 g/mol. The van der Waals surface area contributed by atoms with Crippen LogP contribution in [0.2, 0.25) is 0 Å². The molecule has 0 N–H and O–H groups in total. The van der Waals surface area contributed by atoms with Crippen LogP contribution in [-0.4, -0.2) is 10.8 Å². The van der Waals surface area contributed by atoms with E-state index in [1.54, 1.807) is 6.92 Å². The van der Waals surface area contributed by atoms with E-state index >= 15 is 0 Å². The van der Waals surface area contributed by atoms with E-state index < -0.39 is 0 Å². The number of carbonyl (C=O) groups excluding carboxylic acids is 1. The maximum Gasteiger partial charge on any atom is 0.195 e. The quantitative estimate of drug-likeness (QED) is 0.814. The Labute approximate surface area is 97.4 Å². The van der Waals surface area contributed by atoms with Crippen molar-refractivity contribution in [2.45, 2.75) is 19.8 Å². The Bertz CT molecular complexity index is 580. The Hall–Kier alpha value is -1.73. The zero-order chi connectivity index (χ0) is 11.5. The van der Waals surface area contributed by atoms with Crippen molar-refractivity contribution >= 4 is 27.3 Å². The molecule has 1 heterocycles. The standard InChI is InChI=1S/C12H10N2OS/c1-8(15)2-3-9-4-5-10-11(6-9)16-12(7-13)14-10/h4-6H,2-3H2,1H3. The lowest BCUT2D eigenvalue weighted by Crippen LogP contribution is -1.93. The zero-order valence-electron chi connectivity index (χ0n) is 8.86. The van der Waals surface area contributed by atoms with Crippen LogP contribution in [-0.2, 0) is 11.2 Å². The normalized spacial score (nSPS) is 10.2. The van der Waals surface area contributed by atoms with Crippen molar-refractivity contribution in [1.29, 1.82) is 5.26 Å². The van der Waals surface area contributed by atoms with Crippen LogP contribution in [0, 0.1) is 11.3 Å². The highest BCUT2D eigenvalue weighted by atomic mass is 32.1. The molecule has 0 bridgehead atoms. The van der Waals surface area contributed by atoms with Crippen molar-refractivity contribution in [1.82, 2.24) is 4.98 Å². The molecule has 0 aliphatic rings. The van der Waals surface area contributed by atoms with Gasteiger partial charge in [0.25, 0.3) is 0 Å². The molecule has 3 nitrogen and oxygen atoms in total. The molecule has 4 heteroatoms. The molecular formula is C12H10N2OS. The van der Waals surface area contributed by atoms with E-state index in [0.29, 0.717) is 11.4 Å². The van der Waals surface area contributed by atoms with Crippen LogP contribution in [0.25, 0.3) is 10.2 Å². The topological polar surface area (TPSA) is 53.8 Å². The van der Waals surface area contributed by atoms with Crippen molar-refractivity contribution in [3.8, 4) is 6.07 Å². The van der Waals surface area contributed by atoms with Crippen LogP contribution >= 0.6 is 11.3 Å². The summed E-state index contributed by atoms with van der Waals surface area (Å²) in [5, 5.41) is 9.22. The zero-order valence-corrected chi connectivity index (χ0v) is 9.67. The number of benzene rings is 1. The Balaban J connectivity index is 2.29.